The van der Waals surface area contributed by atoms with Crippen LogP contribution in [0, 0.1) is 132 Å². The molecule has 3 aromatic heterocycles. The van der Waals surface area contributed by atoms with E-state index in [0.29, 0.717) is 33.5 Å². The van der Waals surface area contributed by atoms with E-state index >= 15 is 0 Å². The predicted molar refractivity (Wildman–Crippen MR) is 402 cm³/mol. The summed E-state index contributed by atoms with van der Waals surface area (Å²) in [6.07, 6.45) is 41.0. The van der Waals surface area contributed by atoms with Crippen molar-refractivity contribution in [3.8, 4) is 33.8 Å². The molecule has 15 rings (SSSR count). The number of ether oxygens (including phenoxy) is 2. The molecule has 8 bridgehead atoms. The molecule has 2 aromatic carbocycles. The molecular weight excluding hydrogens is 1230 g/mol. The summed E-state index contributed by atoms with van der Waals surface area (Å²) < 4.78 is 15.4. The number of rotatable bonds is 16. The van der Waals surface area contributed by atoms with Gasteiger partial charge >= 0.3 is 16.8 Å². The number of hydrogen-bond donors (Lipinski definition) is 0. The van der Waals surface area contributed by atoms with Gasteiger partial charge in [0, 0.05) is 0 Å². The fraction of sp³-hybridized carbons (Fsp3) is 0.644. The molecule has 5 aromatic rings. The van der Waals surface area contributed by atoms with Crippen molar-refractivity contribution >= 4 is 46.4 Å². The monoisotopic (exact) mass is 1350 g/mol. The molecule has 0 spiro atoms. The van der Waals surface area contributed by atoms with Gasteiger partial charge in [0.1, 0.15) is 22.9 Å². The predicted octanol–water partition coefficient (Wildman–Crippen LogP) is 24.2. The molecule has 5 heterocycles. The number of nitrogens with zero attached hydrogens (tertiary/aromatic N) is 4. The summed E-state index contributed by atoms with van der Waals surface area (Å²) in [5.41, 5.74) is 17.9. The number of aromatic nitrogens is 4. The summed E-state index contributed by atoms with van der Waals surface area (Å²) in [5, 5.41) is 0. The van der Waals surface area contributed by atoms with Crippen LogP contribution in [0.5, 0.6) is 11.5 Å². The summed E-state index contributed by atoms with van der Waals surface area (Å²) in [5.74, 6) is 13.1. The van der Waals surface area contributed by atoms with Gasteiger partial charge in [-0.05, 0) is 317 Å². The topological polar surface area (TPSA) is 72.4 Å². The van der Waals surface area contributed by atoms with Crippen LogP contribution in [-0.2, 0) is 16.8 Å². The fourth-order valence-corrected chi connectivity index (χ4v) is 25.2. The van der Waals surface area contributed by atoms with Crippen molar-refractivity contribution in [1.29, 1.82) is 0 Å². The molecule has 0 amide bonds. The van der Waals surface area contributed by atoms with Gasteiger partial charge in [-0.15, -0.1) is 11.0 Å². The van der Waals surface area contributed by atoms with Gasteiger partial charge in [0.25, 0.3) is 0 Å². The van der Waals surface area contributed by atoms with Crippen LogP contribution in [0.4, 0.5) is 0 Å². The van der Waals surface area contributed by atoms with E-state index in [1.807, 2.05) is 0 Å². The van der Waals surface area contributed by atoms with Gasteiger partial charge in [-0.25, -0.2) is 9.97 Å². The first-order valence-corrected chi connectivity index (χ1v) is 39.7. The van der Waals surface area contributed by atoms with Gasteiger partial charge in [-0.1, -0.05) is 179 Å². The third-order valence-electron chi connectivity index (χ3n) is 30.2. The second-order valence-corrected chi connectivity index (χ2v) is 36.2. The van der Waals surface area contributed by atoms with Crippen LogP contribution in [0.25, 0.3) is 68.6 Å². The number of aryl methyl sites for hydroxylation is 4. The Hall–Kier alpha value is -4.85. The van der Waals surface area contributed by atoms with E-state index in [2.05, 4.69) is 182 Å². The maximum atomic E-state index is 7.69. The minimum atomic E-state index is 0. The average molecular weight is 1350 g/mol. The van der Waals surface area contributed by atoms with E-state index in [9.17, 15) is 0 Å². The van der Waals surface area contributed by atoms with Gasteiger partial charge < -0.3 is 19.4 Å². The summed E-state index contributed by atoms with van der Waals surface area (Å²) in [4.78, 5) is 23.0. The maximum absolute atomic E-state index is 7.69. The first-order chi connectivity index (χ1) is 46.1. The minimum absolute atomic E-state index is 0. The van der Waals surface area contributed by atoms with Gasteiger partial charge in [0.15, 0.2) is 0 Å². The SMILES string of the molecule is Cc1cccc(C)c1-c1c2nc(c(O[C@H]3CC[C@@]4(C)[C@@H](CC[C@@H]5[C@@H]4CC[C@]4(C)[C@@H]([C@H](C)CCCC(C)C)CC[C@@H]54)C3)c3ccc([n-]3)c(-c3c(C)cccc3C)c3nc(c(O[C@H]4CC[C@@]5(C)[C@@H](CC[C@@H]6[C@@H]5CC[C@]5(C)[C@@H]([C@H](C)CCCC(C)C)CC[C@@H]65)C4)c4ccc1[n-]4)C=C3)C=C2.[Co+2]. The zero-order valence-electron chi connectivity index (χ0n) is 62.2. The van der Waals surface area contributed by atoms with Crippen LogP contribution >= 0.6 is 0 Å². The molecule has 521 valence electrons. The van der Waals surface area contributed by atoms with Crippen molar-refractivity contribution in [2.45, 2.75) is 263 Å². The van der Waals surface area contributed by atoms with Crippen molar-refractivity contribution in [2.24, 2.45) is 105 Å². The molecule has 1 radical (unpaired) electrons. The van der Waals surface area contributed by atoms with Gasteiger partial charge in [-0.3, -0.25) is 0 Å². The zero-order chi connectivity index (χ0) is 66.7. The van der Waals surface area contributed by atoms with Crippen LogP contribution in [0.1, 0.15) is 268 Å². The van der Waals surface area contributed by atoms with Crippen LogP contribution in [0.2, 0.25) is 0 Å². The van der Waals surface area contributed by atoms with Crippen molar-refractivity contribution in [3.05, 3.63) is 106 Å². The average Bonchev–Trinajstić information content (AvgIpc) is 1.70. The van der Waals surface area contributed by atoms with E-state index in [1.54, 1.807) is 0 Å². The molecule has 18 atom stereocenters. The smallest absolute Gasteiger partial charge is 0.654 e. The summed E-state index contributed by atoms with van der Waals surface area (Å²) >= 11 is 0. The van der Waals surface area contributed by atoms with E-state index in [-0.39, 0.29) is 29.0 Å². The second kappa shape index (κ2) is 27.2. The van der Waals surface area contributed by atoms with E-state index in [0.717, 1.165) is 164 Å². The van der Waals surface area contributed by atoms with Crippen molar-refractivity contribution < 1.29 is 26.3 Å². The summed E-state index contributed by atoms with van der Waals surface area (Å²) in [6, 6.07) is 22.2. The molecule has 8 saturated carbocycles. The second-order valence-electron chi connectivity index (χ2n) is 36.2. The Morgan fingerprint density at radius 1 is 0.402 bits per heavy atom. The molecule has 0 unspecified atom stereocenters. The third kappa shape index (κ3) is 12.3. The molecule has 10 aliphatic rings. The minimum Gasteiger partial charge on any atom is -0.654 e. The van der Waals surface area contributed by atoms with Crippen molar-refractivity contribution in [2.75, 3.05) is 0 Å². The Labute approximate surface area is 596 Å². The zero-order valence-corrected chi connectivity index (χ0v) is 63.3. The molecule has 0 N–H and O–H groups in total. The van der Waals surface area contributed by atoms with E-state index < -0.39 is 0 Å². The van der Waals surface area contributed by atoms with Gasteiger partial charge in [0.05, 0.1) is 23.6 Å². The van der Waals surface area contributed by atoms with Crippen molar-refractivity contribution in [1.82, 2.24) is 19.9 Å². The number of benzene rings is 2. The molecular formula is C90H120CoN4O2. The molecule has 0 saturated heterocycles. The standard InChI is InChI=1S/C90H120N4O2.Co/c1-53(2)19-15-21-55(5)67-31-33-69-65-29-27-61-51-63(43-47-87(61,11)71(65)45-49-89(67,69)13)95-85-77-39-35-73(91-77)83(81-57(7)23-17-24-58(81)8)75-37-41-79(93-75)86(80-42-38-76(94-80)84(74-36-40-78(85)92-74)82-59(9)25-18-26-60(82)10)96-64-44-48-88(12)62(52-64)28-30-66-70-34-32-68(56(6)22-16-20-54(3)4)90(70,14)50-46-72(66)88;/h17-18,23-26,35-42,53-56,61-72H,15-16,19-22,27-34,43-52H2,1-14H3;/q-2;+2/t55-,56-,61+,62+,63+,64+,65+,66+,67-,68-,69+,70+,71+,72+,87+,88+,89-,90-;/m1./s1. The first kappa shape index (κ1) is 69.2. The van der Waals surface area contributed by atoms with Gasteiger partial charge in [0.2, 0.25) is 0 Å². The molecule has 2 aliphatic heterocycles. The Morgan fingerprint density at radius 3 is 1.15 bits per heavy atom. The Morgan fingerprint density at radius 2 is 0.763 bits per heavy atom. The normalized spacial score (nSPS) is 33.9. The Balaban J connectivity index is 0.00000807. The molecule has 8 fully saturated rings. The van der Waals surface area contributed by atoms with E-state index in [1.165, 1.54) is 162 Å². The first-order valence-electron chi connectivity index (χ1n) is 39.7. The number of fused-ring (bicyclic) bond motifs is 18. The largest absolute Gasteiger partial charge is 2.00 e. The molecule has 7 heteroatoms. The van der Waals surface area contributed by atoms with Crippen LogP contribution in [0.3, 0.4) is 0 Å². The third-order valence-corrected chi connectivity index (χ3v) is 30.2. The Kier molecular flexibility index (Phi) is 19.4. The molecule has 8 aliphatic carbocycles. The summed E-state index contributed by atoms with van der Waals surface area (Å²) in [6.45, 7) is 34.8. The Bertz CT molecular complexity index is 3660. The van der Waals surface area contributed by atoms with Crippen LogP contribution < -0.4 is 19.4 Å². The van der Waals surface area contributed by atoms with Crippen molar-refractivity contribution in [3.63, 3.8) is 0 Å². The quantitative estimate of drug-likeness (QED) is 0.0960. The number of hydrogen-bond acceptors (Lipinski definition) is 4. The van der Waals surface area contributed by atoms with Crippen LogP contribution in [0.15, 0.2) is 60.7 Å². The van der Waals surface area contributed by atoms with E-state index in [4.69, 9.17) is 29.4 Å². The molecule has 6 nitrogen and oxygen atoms in total. The van der Waals surface area contributed by atoms with Gasteiger partial charge in [-0.2, -0.15) is 0 Å². The molecule has 97 heavy (non-hydrogen) atoms. The van der Waals surface area contributed by atoms with Crippen LogP contribution in [-0.4, -0.2) is 22.2 Å². The fourth-order valence-electron chi connectivity index (χ4n) is 25.2. The summed E-state index contributed by atoms with van der Waals surface area (Å²) in [7, 11) is 0. The maximum Gasteiger partial charge on any atom is 2.00 e.